The number of halogens is 1. The minimum Gasteiger partial charge on any atom is -0.390 e. The molecule has 1 aromatic carbocycles. The van der Waals surface area contributed by atoms with Crippen molar-refractivity contribution in [2.45, 2.75) is 6.92 Å². The molecule has 0 unspecified atom stereocenters. The summed E-state index contributed by atoms with van der Waals surface area (Å²) in [5, 5.41) is 24.7. The van der Waals surface area contributed by atoms with Crippen molar-refractivity contribution in [3.63, 3.8) is 0 Å². The molecule has 7 nitrogen and oxygen atoms in total. The molecule has 8 heteroatoms. The number of carbonyl (C=O) groups is 1. The Labute approximate surface area is 120 Å². The van der Waals surface area contributed by atoms with E-state index < -0.39 is 10.8 Å². The molecule has 0 aromatic heterocycles. The highest BCUT2D eigenvalue weighted by Crippen LogP contribution is 2.26. The highest BCUT2D eigenvalue weighted by Gasteiger charge is 2.14. The molecular weight excluding hydrogens is 284 g/mol. The van der Waals surface area contributed by atoms with Crippen molar-refractivity contribution in [3.8, 4) is 6.07 Å². The molecule has 20 heavy (non-hydrogen) atoms. The molecule has 104 valence electrons. The Hall–Kier alpha value is -2.59. The van der Waals surface area contributed by atoms with E-state index in [9.17, 15) is 14.9 Å². The minimum atomic E-state index is -0.698. The molecule has 0 spiro atoms. The summed E-state index contributed by atoms with van der Waals surface area (Å²) in [5.74, 6) is -0.698. The van der Waals surface area contributed by atoms with Crippen LogP contribution in [-0.2, 0) is 4.79 Å². The maximum atomic E-state index is 11.8. The summed E-state index contributed by atoms with van der Waals surface area (Å²) in [6, 6.07) is 5.37. The van der Waals surface area contributed by atoms with E-state index in [4.69, 9.17) is 16.9 Å². The summed E-state index contributed by atoms with van der Waals surface area (Å²) in [6.45, 7) is 2.36. The first kappa shape index (κ1) is 15.5. The van der Waals surface area contributed by atoms with Gasteiger partial charge in [-0.15, -0.1) is 0 Å². The number of hydrogen-bond donors (Lipinski definition) is 2. The molecule has 2 N–H and O–H groups in total. The number of anilines is 1. The van der Waals surface area contributed by atoms with E-state index in [-0.39, 0.29) is 22.0 Å². The van der Waals surface area contributed by atoms with E-state index >= 15 is 0 Å². The fraction of sp³-hybridized carbons (Fsp3) is 0.167. The Bertz CT molecular complexity index is 607. The van der Waals surface area contributed by atoms with Crippen molar-refractivity contribution in [2.75, 3.05) is 11.9 Å². The van der Waals surface area contributed by atoms with Crippen molar-refractivity contribution in [3.05, 3.63) is 45.1 Å². The zero-order valence-electron chi connectivity index (χ0n) is 10.5. The van der Waals surface area contributed by atoms with E-state index in [1.807, 2.05) is 0 Å². The van der Waals surface area contributed by atoms with Gasteiger partial charge in [0.2, 0.25) is 0 Å². The molecule has 0 aliphatic carbocycles. The van der Waals surface area contributed by atoms with Crippen molar-refractivity contribution in [2.24, 2.45) is 0 Å². The monoisotopic (exact) mass is 294 g/mol. The quantitative estimate of drug-likeness (QED) is 0.374. The summed E-state index contributed by atoms with van der Waals surface area (Å²) >= 11 is 5.84. The Morgan fingerprint density at radius 2 is 2.30 bits per heavy atom. The summed E-state index contributed by atoms with van der Waals surface area (Å²) < 4.78 is 0. The molecule has 0 bridgehead atoms. The number of rotatable bonds is 5. The lowest BCUT2D eigenvalue weighted by atomic mass is 10.2. The number of hydrogen-bond acceptors (Lipinski definition) is 5. The van der Waals surface area contributed by atoms with Gasteiger partial charge >= 0.3 is 0 Å². The lowest BCUT2D eigenvalue weighted by Crippen LogP contribution is -2.16. The fourth-order valence-electron chi connectivity index (χ4n) is 1.26. The van der Waals surface area contributed by atoms with Crippen LogP contribution < -0.4 is 10.6 Å². The molecule has 0 fully saturated rings. The number of nitro groups is 1. The van der Waals surface area contributed by atoms with Gasteiger partial charge in [0.05, 0.1) is 15.6 Å². The van der Waals surface area contributed by atoms with Crippen LogP contribution in [0.4, 0.5) is 11.4 Å². The van der Waals surface area contributed by atoms with Crippen LogP contribution in [0.5, 0.6) is 0 Å². The van der Waals surface area contributed by atoms with Crippen LogP contribution >= 0.6 is 11.6 Å². The van der Waals surface area contributed by atoms with Gasteiger partial charge in [-0.05, 0) is 13.0 Å². The number of nitrogens with one attached hydrogen (secondary N) is 2. The molecule has 1 aromatic rings. The molecule has 1 rings (SSSR count). The summed E-state index contributed by atoms with van der Waals surface area (Å²) in [6.07, 6.45) is 1.26. The molecule has 0 saturated carbocycles. The predicted molar refractivity (Wildman–Crippen MR) is 74.1 cm³/mol. The fourth-order valence-corrected chi connectivity index (χ4v) is 1.43. The third-order valence-corrected chi connectivity index (χ3v) is 2.55. The van der Waals surface area contributed by atoms with Crippen molar-refractivity contribution in [1.82, 2.24) is 5.32 Å². The van der Waals surface area contributed by atoms with Gasteiger partial charge in [-0.25, -0.2) is 0 Å². The Morgan fingerprint density at radius 3 is 2.85 bits per heavy atom. The number of nitrogens with zero attached hydrogens (tertiary/aromatic N) is 2. The first-order valence-corrected chi connectivity index (χ1v) is 5.96. The standard InChI is InChI=1S/C12H11ClN4O3/c1-2-15-7-8(6-14)12(18)16-11-5-9(17(19)20)3-4-10(11)13/h3-5,7,15H,2H2,1H3,(H,16,18)/b8-7-. The van der Waals surface area contributed by atoms with Crippen molar-refractivity contribution >= 4 is 28.9 Å². The Balaban J connectivity index is 2.98. The van der Waals surface area contributed by atoms with E-state index in [1.165, 1.54) is 18.3 Å². The largest absolute Gasteiger partial charge is 0.390 e. The zero-order chi connectivity index (χ0) is 15.1. The topological polar surface area (TPSA) is 108 Å². The number of non-ortho nitro benzene ring substituents is 1. The highest BCUT2D eigenvalue weighted by atomic mass is 35.5. The number of benzene rings is 1. The first-order valence-electron chi connectivity index (χ1n) is 5.58. The van der Waals surface area contributed by atoms with E-state index in [0.717, 1.165) is 6.07 Å². The van der Waals surface area contributed by atoms with Gasteiger partial charge in [0.15, 0.2) is 0 Å². The molecule has 0 heterocycles. The maximum absolute atomic E-state index is 11.8. The minimum absolute atomic E-state index is 0.0727. The number of nitro benzene ring substituents is 1. The Kier molecular flexibility index (Phi) is 5.50. The van der Waals surface area contributed by atoms with Gasteiger partial charge in [0, 0.05) is 24.9 Å². The highest BCUT2D eigenvalue weighted by molar-refractivity contribution is 6.34. The first-order chi connectivity index (χ1) is 9.49. The molecule has 0 saturated heterocycles. The number of carbonyl (C=O) groups excluding carboxylic acids is 1. The number of nitriles is 1. The van der Waals surface area contributed by atoms with Gasteiger partial charge < -0.3 is 10.6 Å². The van der Waals surface area contributed by atoms with E-state index in [0.29, 0.717) is 6.54 Å². The molecule has 1 amide bonds. The molecular formula is C12H11ClN4O3. The van der Waals surface area contributed by atoms with Crippen LogP contribution in [0.1, 0.15) is 6.92 Å². The third-order valence-electron chi connectivity index (χ3n) is 2.22. The van der Waals surface area contributed by atoms with Crippen LogP contribution in [0.15, 0.2) is 30.0 Å². The lowest BCUT2D eigenvalue weighted by molar-refractivity contribution is -0.384. The average Bonchev–Trinajstić information content (AvgIpc) is 2.41. The average molecular weight is 295 g/mol. The van der Waals surface area contributed by atoms with Crippen molar-refractivity contribution < 1.29 is 9.72 Å². The molecule has 0 aliphatic rings. The van der Waals surface area contributed by atoms with Crippen LogP contribution in [0.3, 0.4) is 0 Å². The molecule has 0 atom stereocenters. The second kappa shape index (κ2) is 7.11. The SMILES string of the molecule is CCN/C=C(/C#N)C(=O)Nc1cc([N+](=O)[O-])ccc1Cl. The smallest absolute Gasteiger partial charge is 0.271 e. The van der Waals surface area contributed by atoms with Gasteiger partial charge in [-0.3, -0.25) is 14.9 Å². The van der Waals surface area contributed by atoms with Gasteiger partial charge in [-0.2, -0.15) is 5.26 Å². The third kappa shape index (κ3) is 3.96. The van der Waals surface area contributed by atoms with Crippen LogP contribution in [0, 0.1) is 21.4 Å². The summed E-state index contributed by atoms with van der Waals surface area (Å²) in [5.41, 5.74) is -0.295. The number of amides is 1. The molecule has 0 aliphatic heterocycles. The van der Waals surface area contributed by atoms with E-state index in [2.05, 4.69) is 10.6 Å². The van der Waals surface area contributed by atoms with Gasteiger partial charge in [-0.1, -0.05) is 11.6 Å². The zero-order valence-corrected chi connectivity index (χ0v) is 11.3. The lowest BCUT2D eigenvalue weighted by Gasteiger charge is -2.06. The van der Waals surface area contributed by atoms with E-state index in [1.54, 1.807) is 13.0 Å². The van der Waals surface area contributed by atoms with Gasteiger partial charge in [0.1, 0.15) is 11.6 Å². The molecule has 0 radical (unpaired) electrons. The Morgan fingerprint density at radius 1 is 1.60 bits per heavy atom. The predicted octanol–water partition coefficient (Wildman–Crippen LogP) is 2.20. The van der Waals surface area contributed by atoms with Gasteiger partial charge in [0.25, 0.3) is 11.6 Å². The van der Waals surface area contributed by atoms with Crippen LogP contribution in [0.2, 0.25) is 5.02 Å². The second-order valence-corrected chi connectivity index (χ2v) is 4.01. The summed E-state index contributed by atoms with van der Waals surface area (Å²) in [4.78, 5) is 21.9. The maximum Gasteiger partial charge on any atom is 0.271 e. The normalized spacial score (nSPS) is 10.6. The van der Waals surface area contributed by atoms with Crippen LogP contribution in [-0.4, -0.2) is 17.4 Å². The van der Waals surface area contributed by atoms with Crippen molar-refractivity contribution in [1.29, 1.82) is 5.26 Å². The second-order valence-electron chi connectivity index (χ2n) is 3.60. The summed E-state index contributed by atoms with van der Waals surface area (Å²) in [7, 11) is 0. The van der Waals surface area contributed by atoms with Crippen LogP contribution in [0.25, 0.3) is 0 Å².